The first kappa shape index (κ1) is 13.0. The SMILES string of the molecule is O=S(=O)(Cc1ccccc1F)N1CC[C@H]2CNC[C@H]21. The zero-order chi connectivity index (χ0) is 13.5. The normalized spacial score (nSPS) is 27.6. The maximum absolute atomic E-state index is 13.6. The second-order valence-electron chi connectivity index (χ2n) is 5.23. The van der Waals surface area contributed by atoms with Gasteiger partial charge in [-0.15, -0.1) is 0 Å². The molecule has 0 aromatic heterocycles. The van der Waals surface area contributed by atoms with Gasteiger partial charge in [0.1, 0.15) is 5.82 Å². The van der Waals surface area contributed by atoms with E-state index in [1.165, 1.54) is 12.1 Å². The molecule has 2 saturated heterocycles. The highest BCUT2D eigenvalue weighted by Gasteiger charge is 2.43. The van der Waals surface area contributed by atoms with Crippen molar-refractivity contribution in [3.8, 4) is 0 Å². The van der Waals surface area contributed by atoms with Gasteiger partial charge in [-0.25, -0.2) is 12.8 Å². The second-order valence-corrected chi connectivity index (χ2v) is 7.15. The summed E-state index contributed by atoms with van der Waals surface area (Å²) in [7, 11) is -3.44. The Labute approximate surface area is 112 Å². The fourth-order valence-electron chi connectivity index (χ4n) is 3.05. The first-order valence-corrected chi connectivity index (χ1v) is 8.12. The number of benzene rings is 1. The van der Waals surface area contributed by atoms with Crippen LogP contribution in [0.3, 0.4) is 0 Å². The van der Waals surface area contributed by atoms with Crippen LogP contribution in [0.15, 0.2) is 24.3 Å². The van der Waals surface area contributed by atoms with Crippen molar-refractivity contribution in [3.63, 3.8) is 0 Å². The number of fused-ring (bicyclic) bond motifs is 1. The van der Waals surface area contributed by atoms with Crippen molar-refractivity contribution in [2.45, 2.75) is 18.2 Å². The summed E-state index contributed by atoms with van der Waals surface area (Å²) in [4.78, 5) is 0. The van der Waals surface area contributed by atoms with Crippen LogP contribution in [-0.4, -0.2) is 38.4 Å². The van der Waals surface area contributed by atoms with Gasteiger partial charge in [0.05, 0.1) is 5.75 Å². The van der Waals surface area contributed by atoms with Crippen LogP contribution >= 0.6 is 0 Å². The van der Waals surface area contributed by atoms with E-state index in [2.05, 4.69) is 5.32 Å². The van der Waals surface area contributed by atoms with Crippen LogP contribution < -0.4 is 5.32 Å². The number of nitrogens with zero attached hydrogens (tertiary/aromatic N) is 1. The number of rotatable bonds is 3. The van der Waals surface area contributed by atoms with E-state index in [0.717, 1.165) is 13.0 Å². The number of hydrogen-bond acceptors (Lipinski definition) is 3. The molecule has 0 saturated carbocycles. The predicted molar refractivity (Wildman–Crippen MR) is 70.5 cm³/mol. The molecule has 6 heteroatoms. The maximum Gasteiger partial charge on any atom is 0.218 e. The predicted octanol–water partition coefficient (Wildman–Crippen LogP) is 0.949. The summed E-state index contributed by atoms with van der Waals surface area (Å²) < 4.78 is 40.0. The minimum Gasteiger partial charge on any atom is -0.315 e. The summed E-state index contributed by atoms with van der Waals surface area (Å²) in [6, 6.07) is 6.12. The van der Waals surface area contributed by atoms with Gasteiger partial charge in [-0.05, 0) is 24.9 Å². The first-order valence-electron chi connectivity index (χ1n) is 6.51. The summed E-state index contributed by atoms with van der Waals surface area (Å²) in [6.45, 7) is 2.16. The Kier molecular flexibility index (Phi) is 3.32. The van der Waals surface area contributed by atoms with E-state index in [1.807, 2.05) is 0 Å². The molecular weight excluding hydrogens is 267 g/mol. The Balaban J connectivity index is 1.82. The van der Waals surface area contributed by atoms with Gasteiger partial charge >= 0.3 is 0 Å². The summed E-state index contributed by atoms with van der Waals surface area (Å²) in [5, 5.41) is 3.22. The van der Waals surface area contributed by atoms with Gasteiger partial charge < -0.3 is 5.32 Å². The Hall–Kier alpha value is -0.980. The molecule has 0 amide bonds. The maximum atomic E-state index is 13.6. The molecule has 1 aromatic rings. The monoisotopic (exact) mass is 284 g/mol. The summed E-state index contributed by atoms with van der Waals surface area (Å²) in [5.41, 5.74) is 0.247. The van der Waals surface area contributed by atoms with Crippen LogP contribution in [0.1, 0.15) is 12.0 Å². The minimum absolute atomic E-state index is 0.0526. The van der Waals surface area contributed by atoms with E-state index in [4.69, 9.17) is 0 Å². The van der Waals surface area contributed by atoms with E-state index < -0.39 is 15.8 Å². The first-order chi connectivity index (χ1) is 9.08. The quantitative estimate of drug-likeness (QED) is 0.899. The summed E-state index contributed by atoms with van der Waals surface area (Å²) in [6.07, 6.45) is 0.897. The lowest BCUT2D eigenvalue weighted by Gasteiger charge is -2.22. The molecule has 1 aromatic carbocycles. The van der Waals surface area contributed by atoms with Gasteiger partial charge in [0.15, 0.2) is 0 Å². The summed E-state index contributed by atoms with van der Waals surface area (Å²) in [5.74, 6) is -0.287. The minimum atomic E-state index is -3.44. The van der Waals surface area contributed by atoms with Gasteiger partial charge in [0.2, 0.25) is 10.0 Å². The fourth-order valence-corrected chi connectivity index (χ4v) is 4.89. The molecule has 3 rings (SSSR count). The highest BCUT2D eigenvalue weighted by atomic mass is 32.2. The molecule has 2 aliphatic rings. The molecule has 1 N–H and O–H groups in total. The van der Waals surface area contributed by atoms with Crippen LogP contribution in [0.4, 0.5) is 4.39 Å². The van der Waals surface area contributed by atoms with E-state index >= 15 is 0 Å². The third-order valence-electron chi connectivity index (χ3n) is 4.05. The molecule has 0 spiro atoms. The van der Waals surface area contributed by atoms with Crippen molar-refractivity contribution in [2.24, 2.45) is 5.92 Å². The van der Waals surface area contributed by atoms with Gasteiger partial charge in [0.25, 0.3) is 0 Å². The lowest BCUT2D eigenvalue weighted by Crippen LogP contribution is -2.39. The number of halogens is 1. The number of hydrogen-bond donors (Lipinski definition) is 1. The molecule has 104 valence electrons. The van der Waals surface area contributed by atoms with E-state index in [-0.39, 0.29) is 17.4 Å². The Morgan fingerprint density at radius 1 is 1.32 bits per heavy atom. The lowest BCUT2D eigenvalue weighted by molar-refractivity contribution is 0.382. The number of sulfonamides is 1. The second kappa shape index (κ2) is 4.85. The Morgan fingerprint density at radius 3 is 2.89 bits per heavy atom. The zero-order valence-corrected chi connectivity index (χ0v) is 11.4. The molecule has 19 heavy (non-hydrogen) atoms. The molecule has 4 nitrogen and oxygen atoms in total. The molecule has 0 aliphatic carbocycles. The van der Waals surface area contributed by atoms with Crippen LogP contribution in [-0.2, 0) is 15.8 Å². The van der Waals surface area contributed by atoms with Crippen LogP contribution in [0.25, 0.3) is 0 Å². The van der Waals surface area contributed by atoms with Crippen molar-refractivity contribution in [1.82, 2.24) is 9.62 Å². The molecule has 0 radical (unpaired) electrons. The van der Waals surface area contributed by atoms with Crippen molar-refractivity contribution in [1.29, 1.82) is 0 Å². The Bertz CT molecular complexity index is 576. The van der Waals surface area contributed by atoms with Crippen LogP contribution in [0, 0.1) is 11.7 Å². The van der Waals surface area contributed by atoms with Gasteiger partial charge in [-0.2, -0.15) is 4.31 Å². The average Bonchev–Trinajstić information content (AvgIpc) is 2.93. The van der Waals surface area contributed by atoms with Crippen molar-refractivity contribution < 1.29 is 12.8 Å². The topological polar surface area (TPSA) is 49.4 Å². The van der Waals surface area contributed by atoms with E-state index in [0.29, 0.717) is 19.0 Å². The molecule has 0 bridgehead atoms. The molecule has 2 fully saturated rings. The van der Waals surface area contributed by atoms with Crippen molar-refractivity contribution in [2.75, 3.05) is 19.6 Å². The molecule has 2 aliphatic heterocycles. The van der Waals surface area contributed by atoms with E-state index in [1.54, 1.807) is 16.4 Å². The molecule has 2 atom stereocenters. The van der Waals surface area contributed by atoms with Crippen LogP contribution in [0.5, 0.6) is 0 Å². The zero-order valence-electron chi connectivity index (χ0n) is 10.5. The van der Waals surface area contributed by atoms with Gasteiger partial charge in [0, 0.05) is 24.7 Å². The van der Waals surface area contributed by atoms with Gasteiger partial charge in [-0.1, -0.05) is 18.2 Å². The van der Waals surface area contributed by atoms with Gasteiger partial charge in [-0.3, -0.25) is 0 Å². The molecule has 0 unspecified atom stereocenters. The standard InChI is InChI=1S/C13H17FN2O2S/c14-12-4-2-1-3-11(12)9-19(17,18)16-6-5-10-7-15-8-13(10)16/h1-4,10,13,15H,5-9H2/t10-,13+/m0/s1. The number of nitrogens with one attached hydrogen (secondary N) is 1. The van der Waals surface area contributed by atoms with Crippen molar-refractivity contribution >= 4 is 10.0 Å². The molecular formula is C13H17FN2O2S. The third-order valence-corrected chi connectivity index (χ3v) is 5.89. The van der Waals surface area contributed by atoms with Crippen LogP contribution in [0.2, 0.25) is 0 Å². The Morgan fingerprint density at radius 2 is 2.11 bits per heavy atom. The largest absolute Gasteiger partial charge is 0.315 e. The highest BCUT2D eigenvalue weighted by molar-refractivity contribution is 7.88. The summed E-state index contributed by atoms with van der Waals surface area (Å²) >= 11 is 0. The molecule has 2 heterocycles. The average molecular weight is 284 g/mol. The smallest absolute Gasteiger partial charge is 0.218 e. The highest BCUT2D eigenvalue weighted by Crippen LogP contribution is 2.30. The third kappa shape index (κ3) is 2.40. The van der Waals surface area contributed by atoms with E-state index in [9.17, 15) is 12.8 Å². The fraction of sp³-hybridized carbons (Fsp3) is 0.538. The lowest BCUT2D eigenvalue weighted by atomic mass is 10.1. The van der Waals surface area contributed by atoms with Crippen molar-refractivity contribution in [3.05, 3.63) is 35.6 Å².